The molecule has 106 valence electrons. The number of hydrogen-bond donors (Lipinski definition) is 1. The summed E-state index contributed by atoms with van der Waals surface area (Å²) in [6.45, 7) is 4.80. The number of nitrogens with one attached hydrogen (secondary N) is 1. The highest BCUT2D eigenvalue weighted by Gasteiger charge is 2.08. The lowest BCUT2D eigenvalue weighted by Gasteiger charge is -2.06. The fourth-order valence-electron chi connectivity index (χ4n) is 2.23. The summed E-state index contributed by atoms with van der Waals surface area (Å²) in [6.07, 6.45) is 0.833. The molecule has 0 aliphatic carbocycles. The molecule has 1 amide bonds. The van der Waals surface area contributed by atoms with E-state index in [1.165, 1.54) is 17.0 Å². The average molecular weight is 291 g/mol. The third-order valence-corrected chi connectivity index (χ3v) is 3.88. The molecule has 1 N–H and O–H groups in total. The maximum atomic E-state index is 12.0. The standard InChI is InChI=1S/C16H19ClN2O/c1-11-9-13(12(2)19(11)3)7-8-18-16(20)14-5-4-6-15(17)10-14/h4-6,9-10H,7-8H2,1-3H3,(H,18,20). The summed E-state index contributed by atoms with van der Waals surface area (Å²) >= 11 is 5.88. The van der Waals surface area contributed by atoms with Gasteiger partial charge in [-0.1, -0.05) is 17.7 Å². The summed E-state index contributed by atoms with van der Waals surface area (Å²) in [6, 6.07) is 9.14. The van der Waals surface area contributed by atoms with Crippen LogP contribution in [0, 0.1) is 13.8 Å². The largest absolute Gasteiger partial charge is 0.352 e. The first-order valence-electron chi connectivity index (χ1n) is 6.64. The van der Waals surface area contributed by atoms with Gasteiger partial charge in [-0.15, -0.1) is 0 Å². The van der Waals surface area contributed by atoms with E-state index in [4.69, 9.17) is 11.6 Å². The number of amides is 1. The van der Waals surface area contributed by atoms with Crippen LogP contribution in [0.25, 0.3) is 0 Å². The molecule has 1 aromatic carbocycles. The number of carbonyl (C=O) groups excluding carboxylic acids is 1. The van der Waals surface area contributed by atoms with Gasteiger partial charge >= 0.3 is 0 Å². The number of carbonyl (C=O) groups is 1. The molecule has 2 aromatic rings. The van der Waals surface area contributed by atoms with Gasteiger partial charge in [-0.2, -0.15) is 0 Å². The van der Waals surface area contributed by atoms with Gasteiger partial charge in [0.25, 0.3) is 5.91 Å². The molecule has 0 aliphatic heterocycles. The van der Waals surface area contributed by atoms with Crippen molar-refractivity contribution in [3.63, 3.8) is 0 Å². The molecule has 0 unspecified atom stereocenters. The number of hydrogen-bond acceptors (Lipinski definition) is 1. The van der Waals surface area contributed by atoms with Crippen molar-refractivity contribution in [1.29, 1.82) is 0 Å². The zero-order valence-corrected chi connectivity index (χ0v) is 12.8. The minimum absolute atomic E-state index is 0.0854. The van der Waals surface area contributed by atoms with Gasteiger partial charge in [0.05, 0.1) is 0 Å². The van der Waals surface area contributed by atoms with E-state index in [0.717, 1.165) is 6.42 Å². The molecular formula is C16H19ClN2O. The van der Waals surface area contributed by atoms with E-state index in [2.05, 4.69) is 36.8 Å². The van der Waals surface area contributed by atoms with E-state index in [1.807, 2.05) is 0 Å². The van der Waals surface area contributed by atoms with Crippen LogP contribution in [-0.4, -0.2) is 17.0 Å². The van der Waals surface area contributed by atoms with Gasteiger partial charge in [0, 0.05) is 35.6 Å². The molecule has 0 saturated heterocycles. The maximum absolute atomic E-state index is 12.0. The summed E-state index contributed by atoms with van der Waals surface area (Å²) in [5.41, 5.74) is 4.35. The number of nitrogens with zero attached hydrogens (tertiary/aromatic N) is 1. The monoisotopic (exact) mass is 290 g/mol. The topological polar surface area (TPSA) is 34.0 Å². The Morgan fingerprint density at radius 2 is 2.05 bits per heavy atom. The molecule has 0 aliphatic rings. The molecule has 3 nitrogen and oxygen atoms in total. The van der Waals surface area contributed by atoms with Crippen molar-refractivity contribution >= 4 is 17.5 Å². The van der Waals surface area contributed by atoms with Crippen molar-refractivity contribution in [3.05, 3.63) is 57.9 Å². The molecular weight excluding hydrogens is 272 g/mol. The zero-order valence-electron chi connectivity index (χ0n) is 12.0. The Hall–Kier alpha value is -1.74. The minimum atomic E-state index is -0.0854. The van der Waals surface area contributed by atoms with Crippen LogP contribution in [0.4, 0.5) is 0 Å². The average Bonchev–Trinajstić information content (AvgIpc) is 2.66. The van der Waals surface area contributed by atoms with Crippen LogP contribution in [0.1, 0.15) is 27.3 Å². The lowest BCUT2D eigenvalue weighted by molar-refractivity contribution is 0.0954. The number of benzene rings is 1. The summed E-state index contributed by atoms with van der Waals surface area (Å²) in [5, 5.41) is 3.50. The van der Waals surface area contributed by atoms with Crippen LogP contribution in [0.5, 0.6) is 0 Å². The van der Waals surface area contributed by atoms with E-state index < -0.39 is 0 Å². The van der Waals surface area contributed by atoms with Crippen LogP contribution >= 0.6 is 11.6 Å². The molecule has 1 heterocycles. The third-order valence-electron chi connectivity index (χ3n) is 3.65. The van der Waals surface area contributed by atoms with Gasteiger partial charge in [-0.25, -0.2) is 0 Å². The van der Waals surface area contributed by atoms with Crippen molar-refractivity contribution in [2.75, 3.05) is 6.54 Å². The molecule has 0 radical (unpaired) electrons. The molecule has 0 saturated carbocycles. The van der Waals surface area contributed by atoms with Crippen LogP contribution in [0.3, 0.4) is 0 Å². The molecule has 0 bridgehead atoms. The quantitative estimate of drug-likeness (QED) is 0.921. The van der Waals surface area contributed by atoms with Gasteiger partial charge in [0.2, 0.25) is 0 Å². The molecule has 2 rings (SSSR count). The number of aromatic nitrogens is 1. The number of halogens is 1. The van der Waals surface area contributed by atoms with Crippen molar-refractivity contribution in [3.8, 4) is 0 Å². The van der Waals surface area contributed by atoms with E-state index in [0.29, 0.717) is 17.1 Å². The number of aryl methyl sites for hydroxylation is 1. The first-order valence-corrected chi connectivity index (χ1v) is 7.02. The Morgan fingerprint density at radius 1 is 1.30 bits per heavy atom. The normalized spacial score (nSPS) is 10.6. The minimum Gasteiger partial charge on any atom is -0.352 e. The Kier molecular flexibility index (Phi) is 4.50. The van der Waals surface area contributed by atoms with E-state index in [-0.39, 0.29) is 5.91 Å². The highest BCUT2D eigenvalue weighted by molar-refractivity contribution is 6.30. The second-order valence-corrected chi connectivity index (χ2v) is 5.41. The van der Waals surface area contributed by atoms with Crippen molar-refractivity contribution < 1.29 is 4.79 Å². The van der Waals surface area contributed by atoms with Gasteiger partial charge in [-0.05, 0) is 50.1 Å². The lowest BCUT2D eigenvalue weighted by atomic mass is 10.1. The Balaban J connectivity index is 1.93. The van der Waals surface area contributed by atoms with Crippen molar-refractivity contribution in [2.24, 2.45) is 7.05 Å². The first kappa shape index (κ1) is 14.7. The van der Waals surface area contributed by atoms with Gasteiger partial charge in [0.1, 0.15) is 0 Å². The van der Waals surface area contributed by atoms with Crippen molar-refractivity contribution in [2.45, 2.75) is 20.3 Å². The van der Waals surface area contributed by atoms with Crippen LogP contribution < -0.4 is 5.32 Å². The van der Waals surface area contributed by atoms with Gasteiger partial charge in [-0.3, -0.25) is 4.79 Å². The van der Waals surface area contributed by atoms with E-state index >= 15 is 0 Å². The Bertz CT molecular complexity index is 631. The van der Waals surface area contributed by atoms with Crippen molar-refractivity contribution in [1.82, 2.24) is 9.88 Å². The summed E-state index contributed by atoms with van der Waals surface area (Å²) in [4.78, 5) is 12.0. The second-order valence-electron chi connectivity index (χ2n) is 4.97. The first-order chi connectivity index (χ1) is 9.49. The fraction of sp³-hybridized carbons (Fsp3) is 0.312. The highest BCUT2D eigenvalue weighted by Crippen LogP contribution is 2.14. The summed E-state index contributed by atoms with van der Waals surface area (Å²) < 4.78 is 2.16. The summed E-state index contributed by atoms with van der Waals surface area (Å²) in [5.74, 6) is -0.0854. The summed E-state index contributed by atoms with van der Waals surface area (Å²) in [7, 11) is 2.05. The predicted molar refractivity (Wildman–Crippen MR) is 82.4 cm³/mol. The third kappa shape index (κ3) is 3.23. The predicted octanol–water partition coefficient (Wildman–Crippen LogP) is 3.27. The van der Waals surface area contributed by atoms with Gasteiger partial charge in [0.15, 0.2) is 0 Å². The fourth-order valence-corrected chi connectivity index (χ4v) is 2.42. The molecule has 4 heteroatoms. The molecule has 20 heavy (non-hydrogen) atoms. The van der Waals surface area contributed by atoms with E-state index in [9.17, 15) is 4.79 Å². The highest BCUT2D eigenvalue weighted by atomic mass is 35.5. The maximum Gasteiger partial charge on any atom is 0.251 e. The molecule has 0 atom stereocenters. The van der Waals surface area contributed by atoms with Crippen LogP contribution in [0.15, 0.2) is 30.3 Å². The lowest BCUT2D eigenvalue weighted by Crippen LogP contribution is -2.25. The Morgan fingerprint density at radius 3 is 2.65 bits per heavy atom. The smallest absolute Gasteiger partial charge is 0.251 e. The van der Waals surface area contributed by atoms with Crippen LogP contribution in [-0.2, 0) is 13.5 Å². The zero-order chi connectivity index (χ0) is 14.7. The number of rotatable bonds is 4. The molecule has 1 aromatic heterocycles. The SMILES string of the molecule is Cc1cc(CCNC(=O)c2cccc(Cl)c2)c(C)n1C. The molecule has 0 spiro atoms. The molecule has 0 fully saturated rings. The van der Waals surface area contributed by atoms with Crippen LogP contribution in [0.2, 0.25) is 5.02 Å². The Labute approximate surface area is 124 Å². The second kappa shape index (κ2) is 6.14. The van der Waals surface area contributed by atoms with Gasteiger partial charge < -0.3 is 9.88 Å². The van der Waals surface area contributed by atoms with E-state index in [1.54, 1.807) is 24.3 Å².